The van der Waals surface area contributed by atoms with Crippen LogP contribution in [0.1, 0.15) is 50.2 Å². The Morgan fingerprint density at radius 1 is 0.343 bits per heavy atom. The van der Waals surface area contributed by atoms with Crippen molar-refractivity contribution in [1.82, 2.24) is 0 Å². The molecule has 3 aliphatic carbocycles. The van der Waals surface area contributed by atoms with Crippen molar-refractivity contribution in [3.63, 3.8) is 0 Å². The van der Waals surface area contributed by atoms with Crippen molar-refractivity contribution in [2.24, 2.45) is 11.8 Å². The molecule has 3 atom stereocenters. The summed E-state index contributed by atoms with van der Waals surface area (Å²) in [5.74, 6) is 1.95. The standard InChI is InChI=1S/C64H55N3/c1-45(2)60-44-61-46(3)43-62(60)64-59(48-31-33-54(34-32-48)65(49-19-9-4-10-20-49)50-21-11-5-12-22-50)42-41-58(63(61)64)47-29-35-55(36-30-47)67(53-27-17-8-18-28-53)57-39-37-56(38-40-57)66(51-23-13-6-14-24-51)52-25-15-7-16-26-52/h4-43,45,60-62H,44H2,1-3H3. The average molecular weight is 866 g/mol. The second-order valence-corrected chi connectivity index (χ2v) is 18.4. The van der Waals surface area contributed by atoms with E-state index >= 15 is 0 Å². The van der Waals surface area contributed by atoms with Gasteiger partial charge in [0.2, 0.25) is 0 Å². The zero-order valence-electron chi connectivity index (χ0n) is 38.5. The Hall–Kier alpha value is -7.88. The number of para-hydroxylation sites is 5. The maximum absolute atomic E-state index is 2.61. The Morgan fingerprint density at radius 2 is 0.627 bits per heavy atom. The van der Waals surface area contributed by atoms with Gasteiger partial charge in [-0.3, -0.25) is 0 Å². The van der Waals surface area contributed by atoms with Crippen molar-refractivity contribution in [3.8, 4) is 22.3 Å². The summed E-state index contributed by atoms with van der Waals surface area (Å²) in [4.78, 5) is 7.02. The molecule has 0 saturated carbocycles. The summed E-state index contributed by atoms with van der Waals surface area (Å²) in [5.41, 5.74) is 19.9. The van der Waals surface area contributed by atoms with Crippen LogP contribution in [0.5, 0.6) is 0 Å². The number of fused-ring (bicyclic) bond motifs is 1. The van der Waals surface area contributed by atoms with Gasteiger partial charge in [-0.2, -0.15) is 0 Å². The lowest BCUT2D eigenvalue weighted by Crippen LogP contribution is -2.32. The van der Waals surface area contributed by atoms with Crippen LogP contribution in [-0.2, 0) is 0 Å². The molecule has 0 fully saturated rings. The Balaban J connectivity index is 0.964. The van der Waals surface area contributed by atoms with Crippen LogP contribution in [0, 0.1) is 11.8 Å². The van der Waals surface area contributed by atoms with E-state index in [1.165, 1.54) is 45.4 Å². The minimum atomic E-state index is 0.371. The lowest BCUT2D eigenvalue weighted by molar-refractivity contribution is 0.281. The summed E-state index contributed by atoms with van der Waals surface area (Å²) in [6.45, 7) is 7.21. The fourth-order valence-corrected chi connectivity index (χ4v) is 10.9. The predicted octanol–water partition coefficient (Wildman–Crippen LogP) is 18.2. The Kier molecular flexibility index (Phi) is 11.3. The van der Waals surface area contributed by atoms with Gasteiger partial charge in [-0.1, -0.05) is 153 Å². The Bertz CT molecular complexity index is 3030. The average Bonchev–Trinajstić information content (AvgIpc) is 3.39. The maximum Gasteiger partial charge on any atom is 0.0463 e. The quantitative estimate of drug-likeness (QED) is 0.113. The molecule has 326 valence electrons. The minimum absolute atomic E-state index is 0.371. The van der Waals surface area contributed by atoms with Crippen LogP contribution in [0.4, 0.5) is 51.2 Å². The first kappa shape index (κ1) is 41.8. The van der Waals surface area contributed by atoms with E-state index in [0.29, 0.717) is 23.7 Å². The van der Waals surface area contributed by atoms with Gasteiger partial charge in [-0.05, 0) is 168 Å². The van der Waals surface area contributed by atoms with E-state index in [-0.39, 0.29) is 0 Å². The summed E-state index contributed by atoms with van der Waals surface area (Å²) in [7, 11) is 0. The highest BCUT2D eigenvalue weighted by Crippen LogP contribution is 2.58. The van der Waals surface area contributed by atoms with E-state index in [0.717, 1.165) is 51.2 Å². The van der Waals surface area contributed by atoms with E-state index in [2.05, 4.69) is 278 Å². The van der Waals surface area contributed by atoms with Gasteiger partial charge in [0.25, 0.3) is 0 Å². The molecule has 3 heteroatoms. The summed E-state index contributed by atoms with van der Waals surface area (Å²) in [6.07, 6.45) is 3.80. The number of allylic oxidation sites excluding steroid dienone is 2. The van der Waals surface area contributed by atoms with Crippen molar-refractivity contribution in [2.75, 3.05) is 14.7 Å². The first-order chi connectivity index (χ1) is 33.0. The number of benzene rings is 9. The third-order valence-electron chi connectivity index (χ3n) is 14.1. The molecule has 0 spiro atoms. The van der Waals surface area contributed by atoms with E-state index < -0.39 is 0 Å². The Labute approximate surface area is 396 Å². The zero-order chi connectivity index (χ0) is 45.3. The van der Waals surface area contributed by atoms with Crippen LogP contribution < -0.4 is 14.7 Å². The van der Waals surface area contributed by atoms with Gasteiger partial charge in [0.05, 0.1) is 0 Å². The highest BCUT2D eigenvalue weighted by molar-refractivity contribution is 5.86. The molecule has 0 N–H and O–H groups in total. The summed E-state index contributed by atoms with van der Waals surface area (Å²) >= 11 is 0. The molecule has 12 rings (SSSR count). The van der Waals surface area contributed by atoms with Crippen molar-refractivity contribution in [3.05, 3.63) is 259 Å². The van der Waals surface area contributed by atoms with Gasteiger partial charge in [-0.25, -0.2) is 0 Å². The SMILES string of the molecule is CC1=CC2c3c(-c4ccc(N(c5ccccc5)c5ccccc5)cc4)ccc(-c4ccc(N(c5ccccc5)c5ccc(N(c6ccccc6)c6ccccc6)cc5)cc4)c3C1CC2C(C)C. The van der Waals surface area contributed by atoms with Crippen LogP contribution in [0.3, 0.4) is 0 Å². The summed E-state index contributed by atoms with van der Waals surface area (Å²) < 4.78 is 0. The zero-order valence-corrected chi connectivity index (χ0v) is 38.5. The monoisotopic (exact) mass is 865 g/mol. The van der Waals surface area contributed by atoms with Gasteiger partial charge < -0.3 is 14.7 Å². The third-order valence-corrected chi connectivity index (χ3v) is 14.1. The molecule has 0 aromatic heterocycles. The molecule has 0 heterocycles. The highest BCUT2D eigenvalue weighted by atomic mass is 15.2. The molecule has 3 nitrogen and oxygen atoms in total. The topological polar surface area (TPSA) is 9.72 Å². The van der Waals surface area contributed by atoms with Crippen molar-refractivity contribution in [2.45, 2.75) is 39.0 Å². The fourth-order valence-electron chi connectivity index (χ4n) is 10.9. The molecule has 2 bridgehead atoms. The molecule has 3 unspecified atom stereocenters. The molecule has 0 saturated heterocycles. The third kappa shape index (κ3) is 8.02. The lowest BCUT2D eigenvalue weighted by atomic mass is 9.58. The predicted molar refractivity (Wildman–Crippen MR) is 284 cm³/mol. The fraction of sp³-hybridized carbons (Fsp3) is 0.125. The van der Waals surface area contributed by atoms with Crippen LogP contribution in [0.25, 0.3) is 22.3 Å². The second kappa shape index (κ2) is 18.2. The first-order valence-electron chi connectivity index (χ1n) is 23.8. The molecule has 0 aliphatic heterocycles. The van der Waals surface area contributed by atoms with Crippen molar-refractivity contribution in [1.29, 1.82) is 0 Å². The second-order valence-electron chi connectivity index (χ2n) is 18.4. The first-order valence-corrected chi connectivity index (χ1v) is 23.8. The van der Waals surface area contributed by atoms with Crippen LogP contribution in [-0.4, -0.2) is 0 Å². The molecular formula is C64H55N3. The van der Waals surface area contributed by atoms with Gasteiger partial charge >= 0.3 is 0 Å². The van der Waals surface area contributed by atoms with E-state index in [4.69, 9.17) is 0 Å². The number of hydrogen-bond acceptors (Lipinski definition) is 3. The van der Waals surface area contributed by atoms with Crippen LogP contribution in [0.2, 0.25) is 0 Å². The summed E-state index contributed by atoms with van der Waals surface area (Å²) in [6, 6.07) is 85.6. The van der Waals surface area contributed by atoms with Gasteiger partial charge in [0.1, 0.15) is 0 Å². The molecule has 3 aliphatic rings. The minimum Gasteiger partial charge on any atom is -0.311 e. The molecule has 0 radical (unpaired) electrons. The van der Waals surface area contributed by atoms with Gasteiger partial charge in [0, 0.05) is 63.0 Å². The van der Waals surface area contributed by atoms with Gasteiger partial charge in [-0.15, -0.1) is 0 Å². The number of rotatable bonds is 12. The lowest BCUT2D eigenvalue weighted by Gasteiger charge is -2.46. The normalized spacial score (nSPS) is 16.0. The number of anilines is 9. The molecule has 0 amide bonds. The van der Waals surface area contributed by atoms with E-state index in [1.807, 2.05) is 0 Å². The number of hydrogen-bond donors (Lipinski definition) is 0. The van der Waals surface area contributed by atoms with Crippen LogP contribution in [0.15, 0.2) is 248 Å². The van der Waals surface area contributed by atoms with Crippen LogP contribution >= 0.6 is 0 Å². The van der Waals surface area contributed by atoms with Crippen molar-refractivity contribution >= 4 is 51.2 Å². The van der Waals surface area contributed by atoms with E-state index in [9.17, 15) is 0 Å². The van der Waals surface area contributed by atoms with E-state index in [1.54, 1.807) is 0 Å². The highest BCUT2D eigenvalue weighted by Gasteiger charge is 2.43. The van der Waals surface area contributed by atoms with Gasteiger partial charge in [0.15, 0.2) is 0 Å². The largest absolute Gasteiger partial charge is 0.311 e. The molecule has 9 aromatic rings. The maximum atomic E-state index is 2.61. The molecule has 67 heavy (non-hydrogen) atoms. The smallest absolute Gasteiger partial charge is 0.0463 e. The Morgan fingerprint density at radius 3 is 0.940 bits per heavy atom. The van der Waals surface area contributed by atoms with Crippen molar-refractivity contribution < 1.29 is 0 Å². The number of nitrogens with zero attached hydrogens (tertiary/aromatic N) is 3. The summed E-state index contributed by atoms with van der Waals surface area (Å²) in [5, 5.41) is 0. The molecular weight excluding hydrogens is 811 g/mol. The molecule has 9 aromatic carbocycles.